The standard InChI is InChI=1S/C20H14BrClN4O3/c1-28-14-7-10(6-13(22)18(14)27)15-12(8-23)19(24)29-20-16(15)17(25-26-20)9-2-4-11(21)5-3-9/h2-7,15,27H,24H2,1H3,(H,25,26)/t15-/m0/s1. The van der Waals surface area contributed by atoms with Crippen molar-refractivity contribution in [3.05, 3.63) is 68.5 Å². The van der Waals surface area contributed by atoms with E-state index in [1.807, 2.05) is 24.3 Å². The second-order valence-corrected chi connectivity index (χ2v) is 7.63. The minimum atomic E-state index is -0.617. The van der Waals surface area contributed by atoms with Crippen molar-refractivity contribution in [3.8, 4) is 34.7 Å². The van der Waals surface area contributed by atoms with Gasteiger partial charge in [-0.25, -0.2) is 0 Å². The molecule has 0 spiro atoms. The van der Waals surface area contributed by atoms with Gasteiger partial charge in [0.1, 0.15) is 11.6 Å². The number of H-pyrrole nitrogens is 1. The maximum Gasteiger partial charge on any atom is 0.244 e. The van der Waals surface area contributed by atoms with E-state index in [1.165, 1.54) is 7.11 Å². The molecule has 4 N–H and O–H groups in total. The van der Waals surface area contributed by atoms with Crippen LogP contribution in [-0.2, 0) is 0 Å². The second kappa shape index (κ2) is 7.35. The Labute approximate surface area is 179 Å². The second-order valence-electron chi connectivity index (χ2n) is 6.30. The molecule has 1 aromatic heterocycles. The highest BCUT2D eigenvalue weighted by atomic mass is 79.9. The van der Waals surface area contributed by atoms with Gasteiger partial charge in [-0.1, -0.05) is 39.7 Å². The number of fused-ring (bicyclic) bond motifs is 1. The molecule has 0 amide bonds. The molecule has 29 heavy (non-hydrogen) atoms. The summed E-state index contributed by atoms with van der Waals surface area (Å²) in [5.74, 6) is -0.381. The molecule has 0 bridgehead atoms. The van der Waals surface area contributed by atoms with E-state index >= 15 is 0 Å². The Bertz CT molecular complexity index is 1180. The molecule has 0 aliphatic carbocycles. The van der Waals surface area contributed by atoms with E-state index in [-0.39, 0.29) is 33.9 Å². The van der Waals surface area contributed by atoms with Crippen LogP contribution >= 0.6 is 27.5 Å². The average molecular weight is 474 g/mol. The van der Waals surface area contributed by atoms with Crippen LogP contribution in [0.4, 0.5) is 0 Å². The summed E-state index contributed by atoms with van der Waals surface area (Å²) in [5.41, 5.74) is 8.99. The van der Waals surface area contributed by atoms with E-state index in [0.717, 1.165) is 10.0 Å². The number of hydrogen-bond acceptors (Lipinski definition) is 6. The number of phenols is 1. The average Bonchev–Trinajstić information content (AvgIpc) is 3.12. The molecule has 0 unspecified atom stereocenters. The first-order chi connectivity index (χ1) is 13.9. The van der Waals surface area contributed by atoms with Gasteiger partial charge in [0.2, 0.25) is 11.8 Å². The van der Waals surface area contributed by atoms with Gasteiger partial charge in [0.05, 0.1) is 29.3 Å². The number of nitriles is 1. The minimum Gasteiger partial charge on any atom is -0.503 e. The first kappa shape index (κ1) is 19.2. The summed E-state index contributed by atoms with van der Waals surface area (Å²) < 4.78 is 11.7. The Morgan fingerprint density at radius 2 is 2.07 bits per heavy atom. The number of benzene rings is 2. The molecule has 3 aromatic rings. The maximum absolute atomic E-state index is 10.1. The zero-order valence-corrected chi connectivity index (χ0v) is 17.4. The van der Waals surface area contributed by atoms with E-state index in [9.17, 15) is 10.4 Å². The first-order valence-electron chi connectivity index (χ1n) is 8.42. The van der Waals surface area contributed by atoms with Crippen LogP contribution in [0.2, 0.25) is 5.02 Å². The van der Waals surface area contributed by atoms with Gasteiger partial charge in [-0.3, -0.25) is 5.10 Å². The molecule has 0 saturated carbocycles. The predicted molar refractivity (Wildman–Crippen MR) is 111 cm³/mol. The van der Waals surface area contributed by atoms with Crippen molar-refractivity contribution in [2.75, 3.05) is 7.11 Å². The molecule has 0 radical (unpaired) electrons. The summed E-state index contributed by atoms with van der Waals surface area (Å²) in [5, 5.41) is 27.2. The van der Waals surface area contributed by atoms with Crippen LogP contribution in [-0.4, -0.2) is 22.4 Å². The van der Waals surface area contributed by atoms with Crippen LogP contribution < -0.4 is 15.2 Å². The summed E-state index contributed by atoms with van der Waals surface area (Å²) in [6.45, 7) is 0. The first-order valence-corrected chi connectivity index (χ1v) is 9.59. The maximum atomic E-state index is 10.1. The fourth-order valence-corrected chi connectivity index (χ4v) is 3.81. The number of hydrogen-bond donors (Lipinski definition) is 3. The molecule has 7 nitrogen and oxygen atoms in total. The number of ether oxygens (including phenoxy) is 2. The highest BCUT2D eigenvalue weighted by Crippen LogP contribution is 2.48. The Kier molecular flexibility index (Phi) is 4.86. The molecule has 9 heteroatoms. The summed E-state index contributed by atoms with van der Waals surface area (Å²) >= 11 is 9.62. The Morgan fingerprint density at radius 3 is 2.72 bits per heavy atom. The van der Waals surface area contributed by atoms with Gasteiger partial charge in [-0.15, -0.1) is 5.10 Å². The van der Waals surface area contributed by atoms with E-state index in [1.54, 1.807) is 12.1 Å². The van der Waals surface area contributed by atoms with E-state index < -0.39 is 5.92 Å². The summed E-state index contributed by atoms with van der Waals surface area (Å²) in [7, 11) is 1.42. The molecule has 0 fully saturated rings. The largest absolute Gasteiger partial charge is 0.503 e. The van der Waals surface area contributed by atoms with Crippen molar-refractivity contribution in [1.82, 2.24) is 10.2 Å². The van der Waals surface area contributed by atoms with Crippen molar-refractivity contribution in [1.29, 1.82) is 5.26 Å². The number of methoxy groups -OCH3 is 1. The zero-order valence-electron chi connectivity index (χ0n) is 15.0. The van der Waals surface area contributed by atoms with Gasteiger partial charge < -0.3 is 20.3 Å². The third-order valence-corrected chi connectivity index (χ3v) is 5.49. The quantitative estimate of drug-likeness (QED) is 0.518. The Balaban J connectivity index is 1.97. The number of rotatable bonds is 3. The van der Waals surface area contributed by atoms with Gasteiger partial charge in [0.15, 0.2) is 11.5 Å². The Hall–Kier alpha value is -3.15. The molecular formula is C20H14BrClN4O3. The smallest absolute Gasteiger partial charge is 0.244 e. The van der Waals surface area contributed by atoms with Crippen LogP contribution in [0.15, 0.2) is 52.3 Å². The van der Waals surface area contributed by atoms with Gasteiger partial charge in [-0.2, -0.15) is 5.26 Å². The van der Waals surface area contributed by atoms with Crippen molar-refractivity contribution in [3.63, 3.8) is 0 Å². The van der Waals surface area contributed by atoms with E-state index in [0.29, 0.717) is 16.8 Å². The molecule has 2 heterocycles. The van der Waals surface area contributed by atoms with Crippen molar-refractivity contribution < 1.29 is 14.6 Å². The van der Waals surface area contributed by atoms with Crippen LogP contribution in [0.1, 0.15) is 17.0 Å². The number of halogens is 2. The fraction of sp³-hybridized carbons (Fsp3) is 0.100. The van der Waals surface area contributed by atoms with Gasteiger partial charge in [-0.05, 0) is 29.8 Å². The van der Waals surface area contributed by atoms with Crippen molar-refractivity contribution >= 4 is 27.5 Å². The number of nitrogens with two attached hydrogens (primary N) is 1. The molecule has 2 aromatic carbocycles. The van der Waals surface area contributed by atoms with E-state index in [2.05, 4.69) is 32.2 Å². The number of aromatic nitrogens is 2. The van der Waals surface area contributed by atoms with Gasteiger partial charge in [0.25, 0.3) is 0 Å². The number of nitrogens with zero attached hydrogens (tertiary/aromatic N) is 2. The zero-order chi connectivity index (χ0) is 20.7. The molecule has 4 rings (SSSR count). The molecule has 146 valence electrons. The normalized spacial score (nSPS) is 15.4. The number of aromatic amines is 1. The third kappa shape index (κ3) is 3.18. The van der Waals surface area contributed by atoms with Crippen LogP contribution in [0.25, 0.3) is 11.3 Å². The summed E-state index contributed by atoms with van der Waals surface area (Å²) in [6.07, 6.45) is 0. The third-order valence-electron chi connectivity index (χ3n) is 4.68. The van der Waals surface area contributed by atoms with Crippen LogP contribution in [0, 0.1) is 11.3 Å². The van der Waals surface area contributed by atoms with Gasteiger partial charge in [0, 0.05) is 10.0 Å². The molecule has 0 saturated heterocycles. The molecule has 1 aliphatic rings. The topological polar surface area (TPSA) is 117 Å². The molecular weight excluding hydrogens is 460 g/mol. The fourth-order valence-electron chi connectivity index (χ4n) is 3.33. The number of phenolic OH excluding ortho intramolecular Hbond substituents is 1. The Morgan fingerprint density at radius 1 is 1.34 bits per heavy atom. The summed E-state index contributed by atoms with van der Waals surface area (Å²) in [4.78, 5) is 0. The number of aromatic hydroxyl groups is 1. The SMILES string of the molecule is COc1cc([C@H]2C(C#N)=C(N)Oc3n[nH]c(-c4ccc(Br)cc4)c32)cc(Cl)c1O. The highest BCUT2D eigenvalue weighted by Gasteiger charge is 2.36. The van der Waals surface area contributed by atoms with Crippen LogP contribution in [0.3, 0.4) is 0 Å². The summed E-state index contributed by atoms with van der Waals surface area (Å²) in [6, 6.07) is 12.9. The van der Waals surface area contributed by atoms with Crippen molar-refractivity contribution in [2.24, 2.45) is 5.73 Å². The van der Waals surface area contributed by atoms with Gasteiger partial charge >= 0.3 is 0 Å². The lowest BCUT2D eigenvalue weighted by Crippen LogP contribution is -2.21. The lowest BCUT2D eigenvalue weighted by atomic mass is 9.83. The van der Waals surface area contributed by atoms with Crippen LogP contribution in [0.5, 0.6) is 17.4 Å². The molecule has 1 aliphatic heterocycles. The minimum absolute atomic E-state index is 0.0398. The van der Waals surface area contributed by atoms with Crippen molar-refractivity contribution in [2.45, 2.75) is 5.92 Å². The highest BCUT2D eigenvalue weighted by molar-refractivity contribution is 9.10. The number of allylic oxidation sites excluding steroid dienone is 1. The molecule has 1 atom stereocenters. The predicted octanol–water partition coefficient (Wildman–Crippen LogP) is 4.42. The lowest BCUT2D eigenvalue weighted by molar-refractivity contribution is 0.371. The van der Waals surface area contributed by atoms with E-state index in [4.69, 9.17) is 26.8 Å². The lowest BCUT2D eigenvalue weighted by Gasteiger charge is -2.24. The monoisotopic (exact) mass is 472 g/mol. The number of nitrogens with one attached hydrogen (secondary N) is 1.